The molecule has 1 aromatic heterocycles. The number of pyridine rings is 1. The summed E-state index contributed by atoms with van der Waals surface area (Å²) in [6.45, 7) is 3.97. The van der Waals surface area contributed by atoms with E-state index in [1.54, 1.807) is 23.8 Å². The number of nitrogens with zero attached hydrogens (tertiary/aromatic N) is 1. The Hall–Kier alpha value is -2.46. The average Bonchev–Trinajstić information content (AvgIpc) is 2.47. The second-order valence-corrected chi connectivity index (χ2v) is 4.11. The molecule has 0 bridgehead atoms. The molecule has 0 radical (unpaired) electrons. The normalized spacial score (nSPS) is 9.95. The zero-order chi connectivity index (χ0) is 13.7. The van der Waals surface area contributed by atoms with E-state index in [1.165, 1.54) is 0 Å². The number of rotatable bonds is 4. The Balaban J connectivity index is 2.27. The molecule has 1 amide bonds. The van der Waals surface area contributed by atoms with Gasteiger partial charge >= 0.3 is 0 Å². The van der Waals surface area contributed by atoms with E-state index in [9.17, 15) is 4.79 Å². The van der Waals surface area contributed by atoms with Crippen molar-refractivity contribution in [3.05, 3.63) is 72.1 Å². The van der Waals surface area contributed by atoms with Gasteiger partial charge in [0.05, 0.1) is 11.3 Å². The fourth-order valence-electron chi connectivity index (χ4n) is 1.86. The van der Waals surface area contributed by atoms with Crippen LogP contribution in [-0.2, 0) is 6.42 Å². The standard InChI is InChI=1S/C15H14N2O2/c1-11(10-12-6-3-2-4-7-12)14-13(15(18)17-19)8-5-9-16-14/h2-9,19H,1,10H2,(H,17,18). The van der Waals surface area contributed by atoms with E-state index in [2.05, 4.69) is 11.6 Å². The molecule has 0 atom stereocenters. The maximum absolute atomic E-state index is 11.5. The van der Waals surface area contributed by atoms with E-state index >= 15 is 0 Å². The third kappa shape index (κ3) is 3.05. The first-order valence-corrected chi connectivity index (χ1v) is 5.84. The third-order valence-corrected chi connectivity index (χ3v) is 2.75. The molecular weight excluding hydrogens is 240 g/mol. The highest BCUT2D eigenvalue weighted by molar-refractivity contribution is 5.97. The molecule has 2 aromatic rings. The van der Waals surface area contributed by atoms with Crippen LogP contribution in [0.15, 0.2) is 55.2 Å². The Morgan fingerprint density at radius 2 is 1.95 bits per heavy atom. The lowest BCUT2D eigenvalue weighted by atomic mass is 10.00. The molecule has 0 saturated heterocycles. The first-order valence-electron chi connectivity index (χ1n) is 5.84. The van der Waals surface area contributed by atoms with Crippen LogP contribution in [0.5, 0.6) is 0 Å². The van der Waals surface area contributed by atoms with Crippen LogP contribution < -0.4 is 5.48 Å². The maximum Gasteiger partial charge on any atom is 0.276 e. The second-order valence-electron chi connectivity index (χ2n) is 4.11. The second kappa shape index (κ2) is 5.93. The molecule has 0 fully saturated rings. The number of hydroxylamine groups is 1. The predicted octanol–water partition coefficient (Wildman–Crippen LogP) is 2.46. The smallest absolute Gasteiger partial charge is 0.276 e. The minimum Gasteiger partial charge on any atom is -0.288 e. The molecule has 4 heteroatoms. The average molecular weight is 254 g/mol. The predicted molar refractivity (Wildman–Crippen MR) is 72.7 cm³/mol. The Labute approximate surface area is 111 Å². The number of allylic oxidation sites excluding steroid dienone is 1. The Kier molecular flexibility index (Phi) is 4.05. The summed E-state index contributed by atoms with van der Waals surface area (Å²) in [5.41, 5.74) is 4.25. The number of hydrogen-bond acceptors (Lipinski definition) is 3. The van der Waals surface area contributed by atoms with Gasteiger partial charge in [0.2, 0.25) is 0 Å². The van der Waals surface area contributed by atoms with E-state index in [0.717, 1.165) is 11.1 Å². The van der Waals surface area contributed by atoms with Crippen molar-refractivity contribution in [3.63, 3.8) is 0 Å². The number of aromatic nitrogens is 1. The molecule has 1 heterocycles. The number of carbonyl (C=O) groups excluding carboxylic acids is 1. The quantitative estimate of drug-likeness (QED) is 0.650. The van der Waals surface area contributed by atoms with Crippen molar-refractivity contribution >= 4 is 11.5 Å². The molecule has 96 valence electrons. The summed E-state index contributed by atoms with van der Waals surface area (Å²) in [6.07, 6.45) is 2.20. The fourth-order valence-corrected chi connectivity index (χ4v) is 1.86. The molecule has 2 N–H and O–H groups in total. The van der Waals surface area contributed by atoms with Crippen molar-refractivity contribution in [2.24, 2.45) is 0 Å². The first-order chi connectivity index (χ1) is 9.22. The lowest BCUT2D eigenvalue weighted by Crippen LogP contribution is -2.20. The van der Waals surface area contributed by atoms with Gasteiger partial charge in [-0.1, -0.05) is 36.9 Å². The Morgan fingerprint density at radius 3 is 2.63 bits per heavy atom. The molecule has 2 rings (SSSR count). The minimum atomic E-state index is -0.586. The van der Waals surface area contributed by atoms with E-state index in [4.69, 9.17) is 5.21 Å². The zero-order valence-corrected chi connectivity index (χ0v) is 10.3. The number of carbonyl (C=O) groups is 1. The van der Waals surface area contributed by atoms with Crippen molar-refractivity contribution in [3.8, 4) is 0 Å². The van der Waals surface area contributed by atoms with Crippen LogP contribution >= 0.6 is 0 Å². The van der Waals surface area contributed by atoms with Crippen molar-refractivity contribution in [2.45, 2.75) is 6.42 Å². The van der Waals surface area contributed by atoms with E-state index < -0.39 is 5.91 Å². The SMILES string of the molecule is C=C(Cc1ccccc1)c1ncccc1C(=O)NO. The van der Waals surface area contributed by atoms with Gasteiger partial charge in [0, 0.05) is 6.20 Å². The van der Waals surface area contributed by atoms with E-state index in [-0.39, 0.29) is 0 Å². The van der Waals surface area contributed by atoms with Gasteiger partial charge < -0.3 is 0 Å². The Bertz CT molecular complexity index is 594. The minimum absolute atomic E-state index is 0.311. The molecule has 4 nitrogen and oxygen atoms in total. The molecule has 0 aliphatic rings. The summed E-state index contributed by atoms with van der Waals surface area (Å²) in [5.74, 6) is -0.586. The molecule has 0 aliphatic carbocycles. The molecule has 0 aliphatic heterocycles. The number of nitrogens with one attached hydrogen (secondary N) is 1. The fraction of sp³-hybridized carbons (Fsp3) is 0.0667. The van der Waals surface area contributed by atoms with E-state index in [0.29, 0.717) is 17.7 Å². The highest BCUT2D eigenvalue weighted by Crippen LogP contribution is 2.19. The van der Waals surface area contributed by atoms with Crippen LogP contribution in [0.25, 0.3) is 5.57 Å². The Morgan fingerprint density at radius 1 is 1.21 bits per heavy atom. The summed E-state index contributed by atoms with van der Waals surface area (Å²) in [5, 5.41) is 8.73. The molecule has 1 aromatic carbocycles. The lowest BCUT2D eigenvalue weighted by molar-refractivity contribution is 0.0705. The summed E-state index contributed by atoms with van der Waals surface area (Å²) in [6, 6.07) is 13.1. The van der Waals surface area contributed by atoms with Crippen molar-refractivity contribution < 1.29 is 10.0 Å². The summed E-state index contributed by atoms with van der Waals surface area (Å²) < 4.78 is 0. The number of amides is 1. The molecule has 0 saturated carbocycles. The summed E-state index contributed by atoms with van der Waals surface area (Å²) >= 11 is 0. The van der Waals surface area contributed by atoms with Gasteiger partial charge in [-0.2, -0.15) is 0 Å². The first kappa shape index (κ1) is 13.0. The molecule has 0 unspecified atom stereocenters. The van der Waals surface area contributed by atoms with E-state index in [1.807, 2.05) is 30.3 Å². The van der Waals surface area contributed by atoms with Gasteiger partial charge in [-0.05, 0) is 29.7 Å². The number of benzene rings is 1. The zero-order valence-electron chi connectivity index (χ0n) is 10.3. The maximum atomic E-state index is 11.5. The van der Waals surface area contributed by atoms with Crippen molar-refractivity contribution in [1.29, 1.82) is 0 Å². The largest absolute Gasteiger partial charge is 0.288 e. The van der Waals surface area contributed by atoms with Crippen LogP contribution in [0.4, 0.5) is 0 Å². The molecule has 19 heavy (non-hydrogen) atoms. The van der Waals surface area contributed by atoms with Crippen LogP contribution in [0.1, 0.15) is 21.6 Å². The molecular formula is C15H14N2O2. The lowest BCUT2D eigenvalue weighted by Gasteiger charge is -2.09. The summed E-state index contributed by atoms with van der Waals surface area (Å²) in [7, 11) is 0. The van der Waals surface area contributed by atoms with Gasteiger partial charge in [0.15, 0.2) is 0 Å². The van der Waals surface area contributed by atoms with Gasteiger partial charge in [-0.15, -0.1) is 0 Å². The molecule has 0 spiro atoms. The van der Waals surface area contributed by atoms with Crippen molar-refractivity contribution in [2.75, 3.05) is 0 Å². The third-order valence-electron chi connectivity index (χ3n) is 2.75. The van der Waals surface area contributed by atoms with Gasteiger partial charge in [0.25, 0.3) is 5.91 Å². The highest BCUT2D eigenvalue weighted by Gasteiger charge is 2.13. The van der Waals surface area contributed by atoms with Crippen LogP contribution in [-0.4, -0.2) is 16.1 Å². The van der Waals surface area contributed by atoms with Gasteiger partial charge in [-0.25, -0.2) is 5.48 Å². The summed E-state index contributed by atoms with van der Waals surface area (Å²) in [4.78, 5) is 15.7. The monoisotopic (exact) mass is 254 g/mol. The van der Waals surface area contributed by atoms with Crippen LogP contribution in [0.3, 0.4) is 0 Å². The van der Waals surface area contributed by atoms with Gasteiger partial charge in [-0.3, -0.25) is 15.0 Å². The van der Waals surface area contributed by atoms with Gasteiger partial charge in [0.1, 0.15) is 0 Å². The highest BCUT2D eigenvalue weighted by atomic mass is 16.5. The van der Waals surface area contributed by atoms with Crippen LogP contribution in [0.2, 0.25) is 0 Å². The topological polar surface area (TPSA) is 62.2 Å². The number of hydrogen-bond donors (Lipinski definition) is 2. The van der Waals surface area contributed by atoms with Crippen LogP contribution in [0, 0.1) is 0 Å². The van der Waals surface area contributed by atoms with Crippen molar-refractivity contribution in [1.82, 2.24) is 10.5 Å².